The van der Waals surface area contributed by atoms with Gasteiger partial charge >= 0.3 is 5.69 Å². The predicted molar refractivity (Wildman–Crippen MR) is 146 cm³/mol. The Morgan fingerprint density at radius 3 is 2.24 bits per heavy atom. The highest BCUT2D eigenvalue weighted by Crippen LogP contribution is 2.41. The van der Waals surface area contributed by atoms with Crippen molar-refractivity contribution in [3.05, 3.63) is 90.3 Å². The Hall–Kier alpha value is -4.20. The van der Waals surface area contributed by atoms with Crippen molar-refractivity contribution in [1.82, 2.24) is 0 Å². The van der Waals surface area contributed by atoms with Crippen LogP contribution in [-0.4, -0.2) is 34.3 Å². The predicted octanol–water partition coefficient (Wildman–Crippen LogP) is 6.37. The van der Waals surface area contributed by atoms with Crippen LogP contribution in [0.15, 0.2) is 59.5 Å². The lowest BCUT2D eigenvalue weighted by Crippen LogP contribution is -2.27. The van der Waals surface area contributed by atoms with Crippen molar-refractivity contribution in [2.75, 3.05) is 19.1 Å². The molecule has 1 fully saturated rings. The van der Waals surface area contributed by atoms with Crippen LogP contribution in [0.5, 0.6) is 23.0 Å². The van der Waals surface area contributed by atoms with Gasteiger partial charge in [-0.15, -0.1) is 0 Å². The molecule has 0 saturated carbocycles. The van der Waals surface area contributed by atoms with Crippen LogP contribution in [0.2, 0.25) is 5.02 Å². The molecule has 0 bridgehead atoms. The first kappa shape index (κ1) is 26.9. The summed E-state index contributed by atoms with van der Waals surface area (Å²) in [6, 6.07) is 12.6. The molecule has 1 aliphatic heterocycles. The highest BCUT2D eigenvalue weighted by molar-refractivity contribution is 8.27. The number of hydrogen-bond donors (Lipinski definition) is 0. The molecule has 1 aliphatic rings. The number of nitrogens with zero attached hydrogens (tertiary/aromatic N) is 3. The van der Waals surface area contributed by atoms with E-state index in [1.807, 2.05) is 0 Å². The Morgan fingerprint density at radius 1 is 0.921 bits per heavy atom. The first-order valence-corrected chi connectivity index (χ1v) is 12.1. The monoisotopic (exact) mass is 573 g/mol. The van der Waals surface area contributed by atoms with Crippen LogP contribution >= 0.6 is 35.6 Å². The van der Waals surface area contributed by atoms with Crippen molar-refractivity contribution < 1.29 is 28.9 Å². The maximum atomic E-state index is 13.1. The van der Waals surface area contributed by atoms with E-state index >= 15 is 0 Å². The summed E-state index contributed by atoms with van der Waals surface area (Å²) in [7, 11) is 2.87. The number of ether oxygens (including phenoxy) is 3. The Morgan fingerprint density at radius 2 is 1.61 bits per heavy atom. The molecule has 0 radical (unpaired) electrons. The molecule has 194 valence electrons. The smallest absolute Gasteiger partial charge is 0.318 e. The van der Waals surface area contributed by atoms with Crippen molar-refractivity contribution in [1.29, 1.82) is 0 Å². The molecular formula is C24H16ClN3O8S2. The molecule has 1 heterocycles. The van der Waals surface area contributed by atoms with E-state index < -0.39 is 21.2 Å². The number of non-ortho nitro benzene ring substituents is 1. The van der Waals surface area contributed by atoms with Crippen molar-refractivity contribution in [3.63, 3.8) is 0 Å². The van der Waals surface area contributed by atoms with E-state index in [4.69, 9.17) is 38.0 Å². The summed E-state index contributed by atoms with van der Waals surface area (Å²) >= 11 is 12.7. The third kappa shape index (κ3) is 5.39. The van der Waals surface area contributed by atoms with Crippen LogP contribution in [0.25, 0.3) is 6.08 Å². The van der Waals surface area contributed by atoms with Gasteiger partial charge in [-0.1, -0.05) is 41.6 Å². The fourth-order valence-electron chi connectivity index (χ4n) is 3.46. The van der Waals surface area contributed by atoms with Crippen molar-refractivity contribution in [3.8, 4) is 23.0 Å². The normalized spacial score (nSPS) is 14.1. The van der Waals surface area contributed by atoms with Crippen molar-refractivity contribution in [2.45, 2.75) is 0 Å². The number of nitro benzene ring substituents is 2. The number of hydrogen-bond acceptors (Lipinski definition) is 10. The standard InChI is InChI=1S/C24H16ClN3O8S2/c1-34-18-7-4-14(11-16(18)25)26-23(29)22(38-24(26)37)10-13-3-6-20(21(9-13)35-2)36-19-8-5-15(27(30)31)12-17(19)28(32)33/h3-12H,1-2H3/b22-10+. The fraction of sp³-hybridized carbons (Fsp3) is 0.0833. The van der Waals surface area contributed by atoms with Crippen molar-refractivity contribution >= 4 is 68.9 Å². The summed E-state index contributed by atoms with van der Waals surface area (Å²) in [5.74, 6) is 0.253. The fourth-order valence-corrected chi connectivity index (χ4v) is 5.01. The zero-order chi connectivity index (χ0) is 27.6. The Balaban J connectivity index is 1.61. The Bertz CT molecular complexity index is 1530. The second-order valence-electron chi connectivity index (χ2n) is 7.51. The van der Waals surface area contributed by atoms with E-state index in [9.17, 15) is 25.0 Å². The van der Waals surface area contributed by atoms with Gasteiger partial charge in [0.15, 0.2) is 15.8 Å². The van der Waals surface area contributed by atoms with E-state index in [2.05, 4.69) is 0 Å². The molecule has 0 atom stereocenters. The number of carbonyl (C=O) groups is 1. The highest BCUT2D eigenvalue weighted by Gasteiger charge is 2.33. The maximum absolute atomic E-state index is 13.1. The van der Waals surface area contributed by atoms with E-state index in [1.165, 1.54) is 25.2 Å². The minimum absolute atomic E-state index is 0.127. The van der Waals surface area contributed by atoms with Crippen LogP contribution < -0.4 is 19.1 Å². The molecule has 0 aliphatic carbocycles. The molecule has 4 rings (SSSR count). The van der Waals surface area contributed by atoms with Gasteiger partial charge in [-0.05, 0) is 48.0 Å². The van der Waals surface area contributed by atoms with Crippen LogP contribution in [-0.2, 0) is 4.79 Å². The van der Waals surface area contributed by atoms with E-state index in [0.29, 0.717) is 31.2 Å². The average molecular weight is 574 g/mol. The Kier molecular flexibility index (Phi) is 7.80. The summed E-state index contributed by atoms with van der Waals surface area (Å²) in [6.45, 7) is 0. The third-order valence-electron chi connectivity index (χ3n) is 5.24. The second-order valence-corrected chi connectivity index (χ2v) is 9.60. The molecule has 0 N–H and O–H groups in total. The first-order chi connectivity index (χ1) is 18.1. The summed E-state index contributed by atoms with van der Waals surface area (Å²) in [5.41, 5.74) is 0.0432. The molecule has 0 unspecified atom stereocenters. The van der Waals surface area contributed by atoms with Gasteiger partial charge in [0.25, 0.3) is 11.6 Å². The Labute approximate surface area is 229 Å². The van der Waals surface area contributed by atoms with E-state index in [0.717, 1.165) is 30.0 Å². The number of benzene rings is 3. The number of methoxy groups -OCH3 is 2. The quantitative estimate of drug-likeness (QED) is 0.129. The van der Waals surface area contributed by atoms with Crippen LogP contribution in [0.3, 0.4) is 0 Å². The number of carbonyl (C=O) groups excluding carboxylic acids is 1. The van der Waals surface area contributed by atoms with Crippen LogP contribution in [0.4, 0.5) is 17.1 Å². The molecule has 11 nitrogen and oxygen atoms in total. The van der Waals surface area contributed by atoms with E-state index in [-0.39, 0.29) is 23.2 Å². The number of rotatable bonds is 8. The van der Waals surface area contributed by atoms with Crippen molar-refractivity contribution in [2.24, 2.45) is 0 Å². The van der Waals surface area contributed by atoms with Gasteiger partial charge in [-0.2, -0.15) is 0 Å². The number of anilines is 1. The number of thiocarbonyl (C=S) groups is 1. The molecule has 3 aromatic carbocycles. The molecule has 0 spiro atoms. The topological polar surface area (TPSA) is 134 Å². The van der Waals surface area contributed by atoms with Crippen LogP contribution in [0.1, 0.15) is 5.56 Å². The summed E-state index contributed by atoms with van der Waals surface area (Å²) in [4.78, 5) is 35.7. The van der Waals surface area contributed by atoms with Gasteiger partial charge in [0, 0.05) is 6.07 Å². The third-order valence-corrected chi connectivity index (χ3v) is 6.84. The largest absolute Gasteiger partial charge is 0.495 e. The molecule has 14 heteroatoms. The lowest BCUT2D eigenvalue weighted by Gasteiger charge is -2.15. The molecular weight excluding hydrogens is 558 g/mol. The summed E-state index contributed by atoms with van der Waals surface area (Å²) < 4.78 is 16.5. The minimum atomic E-state index is -0.777. The lowest BCUT2D eigenvalue weighted by atomic mass is 10.1. The van der Waals surface area contributed by atoms with Gasteiger partial charge in [-0.25, -0.2) is 0 Å². The lowest BCUT2D eigenvalue weighted by molar-refractivity contribution is -0.394. The molecule has 1 amide bonds. The van der Waals surface area contributed by atoms with E-state index in [1.54, 1.807) is 36.4 Å². The molecule has 38 heavy (non-hydrogen) atoms. The zero-order valence-electron chi connectivity index (χ0n) is 19.6. The van der Waals surface area contributed by atoms with Crippen LogP contribution in [0, 0.1) is 20.2 Å². The maximum Gasteiger partial charge on any atom is 0.318 e. The molecule has 0 aromatic heterocycles. The average Bonchev–Trinajstić information content (AvgIpc) is 3.16. The summed E-state index contributed by atoms with van der Waals surface area (Å²) in [5, 5.41) is 22.7. The SMILES string of the molecule is COc1ccc(N2C(=O)/C(=C\c3ccc(Oc4ccc([N+](=O)[O-])cc4[N+](=O)[O-])c(OC)c3)SC2=S)cc1Cl. The van der Waals surface area contributed by atoms with Gasteiger partial charge in [-0.3, -0.25) is 29.9 Å². The van der Waals surface area contributed by atoms with Gasteiger partial charge in [0.2, 0.25) is 5.75 Å². The first-order valence-electron chi connectivity index (χ1n) is 10.5. The molecule has 1 saturated heterocycles. The number of thioether (sulfide) groups is 1. The van der Waals surface area contributed by atoms with Gasteiger partial charge < -0.3 is 14.2 Å². The second kappa shape index (κ2) is 11.0. The number of amides is 1. The molecule has 3 aromatic rings. The number of halogens is 1. The van der Waals surface area contributed by atoms with Gasteiger partial charge in [0.1, 0.15) is 5.75 Å². The highest BCUT2D eigenvalue weighted by atomic mass is 35.5. The minimum Gasteiger partial charge on any atom is -0.495 e. The zero-order valence-corrected chi connectivity index (χ0v) is 22.0. The van der Waals surface area contributed by atoms with Gasteiger partial charge in [0.05, 0.1) is 45.7 Å². The number of nitro groups is 2. The summed E-state index contributed by atoms with van der Waals surface area (Å²) in [6.07, 6.45) is 1.62.